The number of nitro benzene ring substituents is 1. The van der Waals surface area contributed by atoms with Crippen LogP contribution in [0.25, 0.3) is 0 Å². The number of hydrogen-bond donors (Lipinski definition) is 1. The second-order valence-corrected chi connectivity index (χ2v) is 4.98. The lowest BCUT2D eigenvalue weighted by molar-refractivity contribution is -0.384. The van der Waals surface area contributed by atoms with E-state index in [0.29, 0.717) is 11.3 Å². The van der Waals surface area contributed by atoms with E-state index in [-0.39, 0.29) is 11.6 Å². The van der Waals surface area contributed by atoms with Crippen molar-refractivity contribution >= 4 is 23.0 Å². The molecule has 0 heterocycles. The molecule has 6 heteroatoms. The Morgan fingerprint density at radius 3 is 2.35 bits per heavy atom. The number of anilines is 2. The van der Waals surface area contributed by atoms with Gasteiger partial charge in [0, 0.05) is 42.2 Å². The molecule has 120 valence electrons. The number of hydrogen-bond acceptors (Lipinski definition) is 4. The molecule has 0 saturated heterocycles. The zero-order chi connectivity index (χ0) is 16.8. The Hall–Kier alpha value is -2.89. The van der Waals surface area contributed by atoms with Gasteiger partial charge in [0.15, 0.2) is 0 Å². The van der Waals surface area contributed by atoms with Crippen molar-refractivity contribution in [2.24, 2.45) is 0 Å². The molecule has 0 fully saturated rings. The molecule has 0 atom stereocenters. The fourth-order valence-corrected chi connectivity index (χ4v) is 2.31. The quantitative estimate of drug-likeness (QED) is 0.652. The Kier molecular flexibility index (Phi) is 5.30. The van der Waals surface area contributed by atoms with Crippen molar-refractivity contribution in [1.82, 2.24) is 0 Å². The summed E-state index contributed by atoms with van der Waals surface area (Å²) in [6.07, 6.45) is 0. The minimum absolute atomic E-state index is 0.0559. The highest BCUT2D eigenvalue weighted by Crippen LogP contribution is 2.19. The van der Waals surface area contributed by atoms with Crippen LogP contribution in [-0.4, -0.2) is 23.9 Å². The lowest BCUT2D eigenvalue weighted by atomic mass is 10.1. The molecule has 0 aliphatic rings. The summed E-state index contributed by atoms with van der Waals surface area (Å²) in [7, 11) is 0. The average Bonchev–Trinajstić information content (AvgIpc) is 2.56. The molecule has 2 aromatic rings. The van der Waals surface area contributed by atoms with Crippen molar-refractivity contribution in [2.45, 2.75) is 13.8 Å². The van der Waals surface area contributed by atoms with Gasteiger partial charge in [-0.15, -0.1) is 0 Å². The third kappa shape index (κ3) is 4.06. The third-order valence-corrected chi connectivity index (χ3v) is 3.57. The van der Waals surface area contributed by atoms with Crippen LogP contribution in [0.15, 0.2) is 48.5 Å². The van der Waals surface area contributed by atoms with Crippen LogP contribution in [-0.2, 0) is 0 Å². The van der Waals surface area contributed by atoms with Crippen LogP contribution in [0.3, 0.4) is 0 Å². The molecule has 0 radical (unpaired) electrons. The van der Waals surface area contributed by atoms with Crippen molar-refractivity contribution in [3.63, 3.8) is 0 Å². The first kappa shape index (κ1) is 16.5. The zero-order valence-corrected chi connectivity index (χ0v) is 13.2. The lowest BCUT2D eigenvalue weighted by Crippen LogP contribution is -2.21. The van der Waals surface area contributed by atoms with Gasteiger partial charge in [0.05, 0.1) is 4.92 Å². The standard InChI is InChI=1S/C17H19N3O3/c1-3-19(4-2)15-10-8-13(9-11-15)17(21)18-14-6-5-7-16(12-14)20(22)23/h5-12H,3-4H2,1-2H3,(H,18,21). The van der Waals surface area contributed by atoms with Crippen LogP contribution in [0.1, 0.15) is 24.2 Å². The maximum atomic E-state index is 12.2. The van der Waals surface area contributed by atoms with Crippen molar-refractivity contribution in [3.8, 4) is 0 Å². The number of rotatable bonds is 6. The minimum Gasteiger partial charge on any atom is -0.372 e. The van der Waals surface area contributed by atoms with E-state index < -0.39 is 4.92 Å². The second kappa shape index (κ2) is 7.40. The van der Waals surface area contributed by atoms with Gasteiger partial charge in [-0.1, -0.05) is 6.07 Å². The Labute approximate surface area is 134 Å². The summed E-state index contributed by atoms with van der Waals surface area (Å²) in [5, 5.41) is 13.4. The normalized spacial score (nSPS) is 10.2. The van der Waals surface area contributed by atoms with E-state index in [1.165, 1.54) is 18.2 Å². The highest BCUT2D eigenvalue weighted by molar-refractivity contribution is 6.04. The highest BCUT2D eigenvalue weighted by atomic mass is 16.6. The van der Waals surface area contributed by atoms with Crippen LogP contribution in [0.4, 0.5) is 17.1 Å². The van der Waals surface area contributed by atoms with E-state index in [1.54, 1.807) is 18.2 Å². The summed E-state index contributed by atoms with van der Waals surface area (Å²) >= 11 is 0. The number of carbonyl (C=O) groups is 1. The summed E-state index contributed by atoms with van der Waals surface area (Å²) < 4.78 is 0. The summed E-state index contributed by atoms with van der Waals surface area (Å²) in [6.45, 7) is 5.95. The van der Waals surface area contributed by atoms with Gasteiger partial charge in [0.2, 0.25) is 0 Å². The number of nitro groups is 1. The van der Waals surface area contributed by atoms with Crippen molar-refractivity contribution in [2.75, 3.05) is 23.3 Å². The Morgan fingerprint density at radius 2 is 1.78 bits per heavy atom. The smallest absolute Gasteiger partial charge is 0.271 e. The molecule has 23 heavy (non-hydrogen) atoms. The molecule has 0 saturated carbocycles. The third-order valence-electron chi connectivity index (χ3n) is 3.57. The van der Waals surface area contributed by atoms with Crippen molar-refractivity contribution < 1.29 is 9.72 Å². The first-order valence-electron chi connectivity index (χ1n) is 7.46. The number of amides is 1. The fraction of sp³-hybridized carbons (Fsp3) is 0.235. The van der Waals surface area contributed by atoms with Gasteiger partial charge in [-0.2, -0.15) is 0 Å². The number of benzene rings is 2. The lowest BCUT2D eigenvalue weighted by Gasteiger charge is -2.21. The number of non-ortho nitro benzene ring substituents is 1. The van der Waals surface area contributed by atoms with Gasteiger partial charge >= 0.3 is 0 Å². The monoisotopic (exact) mass is 313 g/mol. The Bertz CT molecular complexity index is 694. The molecule has 2 rings (SSSR count). The molecule has 2 aromatic carbocycles. The second-order valence-electron chi connectivity index (χ2n) is 4.98. The van der Waals surface area contributed by atoms with Crippen LogP contribution in [0, 0.1) is 10.1 Å². The molecule has 0 aliphatic heterocycles. The maximum absolute atomic E-state index is 12.2. The SMILES string of the molecule is CCN(CC)c1ccc(C(=O)Nc2cccc([N+](=O)[O-])c2)cc1. The van der Waals surface area contributed by atoms with Crippen LogP contribution < -0.4 is 10.2 Å². The predicted octanol–water partition coefficient (Wildman–Crippen LogP) is 3.69. The van der Waals surface area contributed by atoms with E-state index in [2.05, 4.69) is 24.1 Å². The average molecular weight is 313 g/mol. The van der Waals surface area contributed by atoms with Crippen LogP contribution in [0.5, 0.6) is 0 Å². The molecule has 0 aliphatic carbocycles. The summed E-state index contributed by atoms with van der Waals surface area (Å²) in [6, 6.07) is 13.2. The van der Waals surface area contributed by atoms with Gasteiger partial charge in [0.1, 0.15) is 0 Å². The van der Waals surface area contributed by atoms with E-state index in [4.69, 9.17) is 0 Å². The zero-order valence-electron chi connectivity index (χ0n) is 13.2. The maximum Gasteiger partial charge on any atom is 0.271 e. The largest absolute Gasteiger partial charge is 0.372 e. The van der Waals surface area contributed by atoms with Gasteiger partial charge < -0.3 is 10.2 Å². The minimum atomic E-state index is -0.492. The van der Waals surface area contributed by atoms with Gasteiger partial charge in [0.25, 0.3) is 11.6 Å². The van der Waals surface area contributed by atoms with Crippen LogP contribution >= 0.6 is 0 Å². The predicted molar refractivity (Wildman–Crippen MR) is 91.1 cm³/mol. The van der Waals surface area contributed by atoms with E-state index >= 15 is 0 Å². The topological polar surface area (TPSA) is 75.5 Å². The molecule has 0 aromatic heterocycles. The first-order chi connectivity index (χ1) is 11.0. The summed E-state index contributed by atoms with van der Waals surface area (Å²) in [5.41, 5.74) is 1.91. The summed E-state index contributed by atoms with van der Waals surface area (Å²) in [4.78, 5) is 24.7. The molecule has 0 spiro atoms. The number of carbonyl (C=O) groups excluding carboxylic acids is 1. The molecule has 1 amide bonds. The first-order valence-corrected chi connectivity index (χ1v) is 7.46. The Morgan fingerprint density at radius 1 is 1.13 bits per heavy atom. The van der Waals surface area contributed by atoms with Crippen molar-refractivity contribution in [3.05, 3.63) is 64.2 Å². The molecule has 0 unspecified atom stereocenters. The molecule has 0 bridgehead atoms. The summed E-state index contributed by atoms with van der Waals surface area (Å²) in [5.74, 6) is -0.295. The number of nitrogens with one attached hydrogen (secondary N) is 1. The number of nitrogens with zero attached hydrogens (tertiary/aromatic N) is 2. The van der Waals surface area contributed by atoms with Gasteiger partial charge in [-0.05, 0) is 44.2 Å². The molecule has 6 nitrogen and oxygen atoms in total. The molecular formula is C17H19N3O3. The van der Waals surface area contributed by atoms with Crippen molar-refractivity contribution in [1.29, 1.82) is 0 Å². The Balaban J connectivity index is 2.12. The van der Waals surface area contributed by atoms with Crippen LogP contribution in [0.2, 0.25) is 0 Å². The van der Waals surface area contributed by atoms with E-state index in [0.717, 1.165) is 18.8 Å². The van der Waals surface area contributed by atoms with E-state index in [1.807, 2.05) is 12.1 Å². The van der Waals surface area contributed by atoms with Gasteiger partial charge in [-0.3, -0.25) is 14.9 Å². The van der Waals surface area contributed by atoms with E-state index in [9.17, 15) is 14.9 Å². The fourth-order valence-electron chi connectivity index (χ4n) is 2.31. The molecule has 1 N–H and O–H groups in total. The van der Waals surface area contributed by atoms with Gasteiger partial charge in [-0.25, -0.2) is 0 Å². The highest BCUT2D eigenvalue weighted by Gasteiger charge is 2.10. The molecular weight excluding hydrogens is 294 g/mol.